The molecule has 0 saturated heterocycles. The summed E-state index contributed by atoms with van der Waals surface area (Å²) >= 11 is 1.76. The number of thiophene rings is 1. The molecule has 0 spiro atoms. The number of hydrogen-bond acceptors (Lipinski definition) is 5. The summed E-state index contributed by atoms with van der Waals surface area (Å²) < 4.78 is 14.7. The Morgan fingerprint density at radius 3 is 2.89 bits per heavy atom. The Labute approximate surface area is 165 Å². The van der Waals surface area contributed by atoms with Crippen molar-refractivity contribution >= 4 is 21.4 Å². The van der Waals surface area contributed by atoms with Crippen LogP contribution in [0.1, 0.15) is 5.56 Å². The first-order chi connectivity index (χ1) is 13.6. The third-order valence-corrected chi connectivity index (χ3v) is 5.93. The van der Waals surface area contributed by atoms with Crippen molar-refractivity contribution in [3.05, 3.63) is 76.7 Å². The third kappa shape index (κ3) is 3.27. The predicted octanol–water partition coefficient (Wildman–Crippen LogP) is 4.27. The summed E-state index contributed by atoms with van der Waals surface area (Å²) in [6.07, 6.45) is 1.55. The molecule has 2 aromatic carbocycles. The maximum atomic E-state index is 11.3. The SMILES string of the molecule is Cc1ccc(-c2cc3ccc(OCC4Cn5ccc(=O)nc5O4)cc3s2)cc1. The van der Waals surface area contributed by atoms with Crippen molar-refractivity contribution in [1.82, 2.24) is 9.55 Å². The molecule has 5 rings (SSSR count). The molecule has 1 unspecified atom stereocenters. The topological polar surface area (TPSA) is 53.4 Å². The third-order valence-electron chi connectivity index (χ3n) is 4.78. The van der Waals surface area contributed by atoms with Gasteiger partial charge in [0.15, 0.2) is 6.10 Å². The number of fused-ring (bicyclic) bond motifs is 2. The Hall–Kier alpha value is -3.12. The maximum absolute atomic E-state index is 11.3. The molecular formula is C22H18N2O3S. The standard InChI is InChI=1S/C22H18N2O3S/c1-14-2-4-15(5-3-14)19-10-16-6-7-17(11-20(16)28-19)26-13-18-12-24-9-8-21(25)23-22(24)27-18/h2-11,18H,12-13H2,1H3. The second kappa shape index (κ2) is 6.80. The Bertz CT molecular complexity index is 1210. The zero-order valence-corrected chi connectivity index (χ0v) is 16.1. The molecule has 1 aliphatic heterocycles. The average Bonchev–Trinajstić information content (AvgIpc) is 3.29. The Balaban J connectivity index is 1.30. The van der Waals surface area contributed by atoms with E-state index in [9.17, 15) is 4.79 Å². The molecule has 0 bridgehead atoms. The maximum Gasteiger partial charge on any atom is 0.300 e. The van der Waals surface area contributed by atoms with Crippen LogP contribution in [0.15, 0.2) is 65.6 Å². The van der Waals surface area contributed by atoms with Crippen molar-refractivity contribution in [2.45, 2.75) is 19.6 Å². The second-order valence-electron chi connectivity index (χ2n) is 6.93. The lowest BCUT2D eigenvalue weighted by molar-refractivity contribution is 0.144. The zero-order chi connectivity index (χ0) is 19.1. The molecule has 0 saturated carbocycles. The first kappa shape index (κ1) is 17.0. The summed E-state index contributed by atoms with van der Waals surface area (Å²) in [5.41, 5.74) is 2.20. The van der Waals surface area contributed by atoms with E-state index in [-0.39, 0.29) is 11.7 Å². The van der Waals surface area contributed by atoms with Gasteiger partial charge in [0.1, 0.15) is 12.4 Å². The lowest BCUT2D eigenvalue weighted by Gasteiger charge is -2.11. The molecule has 5 nitrogen and oxygen atoms in total. The number of aromatic nitrogens is 2. The highest BCUT2D eigenvalue weighted by Crippen LogP contribution is 2.35. The molecule has 28 heavy (non-hydrogen) atoms. The van der Waals surface area contributed by atoms with Gasteiger partial charge >= 0.3 is 0 Å². The second-order valence-corrected chi connectivity index (χ2v) is 8.01. The highest BCUT2D eigenvalue weighted by Gasteiger charge is 2.23. The predicted molar refractivity (Wildman–Crippen MR) is 110 cm³/mol. The number of hydrogen-bond donors (Lipinski definition) is 0. The van der Waals surface area contributed by atoms with Crippen LogP contribution in [0.3, 0.4) is 0 Å². The van der Waals surface area contributed by atoms with Gasteiger partial charge in [0.2, 0.25) is 0 Å². The highest BCUT2D eigenvalue weighted by atomic mass is 32.1. The monoisotopic (exact) mass is 390 g/mol. The average molecular weight is 390 g/mol. The summed E-state index contributed by atoms with van der Waals surface area (Å²) in [6.45, 7) is 3.12. The fourth-order valence-corrected chi connectivity index (χ4v) is 4.39. The van der Waals surface area contributed by atoms with Crippen molar-refractivity contribution in [1.29, 1.82) is 0 Å². The van der Waals surface area contributed by atoms with E-state index < -0.39 is 0 Å². The molecule has 3 heterocycles. The molecule has 6 heteroatoms. The molecule has 0 fully saturated rings. The van der Waals surface area contributed by atoms with Gasteiger partial charge in [-0.25, -0.2) is 0 Å². The Kier molecular flexibility index (Phi) is 4.13. The van der Waals surface area contributed by atoms with Crippen molar-refractivity contribution in [3.8, 4) is 22.2 Å². The van der Waals surface area contributed by atoms with E-state index in [0.717, 1.165) is 5.75 Å². The van der Waals surface area contributed by atoms with Crippen LogP contribution in [-0.2, 0) is 6.54 Å². The zero-order valence-electron chi connectivity index (χ0n) is 15.3. The van der Waals surface area contributed by atoms with Crippen molar-refractivity contribution in [3.63, 3.8) is 0 Å². The number of aryl methyl sites for hydroxylation is 1. The van der Waals surface area contributed by atoms with Crippen LogP contribution in [0.25, 0.3) is 20.5 Å². The van der Waals surface area contributed by atoms with Crippen molar-refractivity contribution < 1.29 is 9.47 Å². The van der Waals surface area contributed by atoms with Crippen LogP contribution in [0.4, 0.5) is 0 Å². The van der Waals surface area contributed by atoms with Crippen molar-refractivity contribution in [2.75, 3.05) is 6.61 Å². The van der Waals surface area contributed by atoms with E-state index in [1.807, 2.05) is 10.6 Å². The quantitative estimate of drug-likeness (QED) is 0.522. The summed E-state index contributed by atoms with van der Waals surface area (Å²) in [5, 5.41) is 1.21. The normalized spacial score (nSPS) is 15.4. The number of ether oxygens (including phenoxy) is 2. The van der Waals surface area contributed by atoms with Gasteiger partial charge in [0.05, 0.1) is 6.54 Å². The summed E-state index contributed by atoms with van der Waals surface area (Å²) in [6, 6.07) is 18.7. The fourth-order valence-electron chi connectivity index (χ4n) is 3.29. The van der Waals surface area contributed by atoms with Crippen LogP contribution >= 0.6 is 11.3 Å². The minimum atomic E-state index is -0.291. The summed E-state index contributed by atoms with van der Waals surface area (Å²) in [4.78, 5) is 16.4. The molecule has 0 N–H and O–H groups in total. The van der Waals surface area contributed by atoms with Gasteiger partial charge in [-0.15, -0.1) is 11.3 Å². The van der Waals surface area contributed by atoms with Crippen LogP contribution < -0.4 is 15.0 Å². The molecule has 140 valence electrons. The van der Waals surface area contributed by atoms with Gasteiger partial charge in [-0.2, -0.15) is 4.98 Å². The Morgan fingerprint density at radius 2 is 2.04 bits per heavy atom. The molecule has 1 atom stereocenters. The van der Waals surface area contributed by atoms with Gasteiger partial charge in [-0.05, 0) is 42.1 Å². The van der Waals surface area contributed by atoms with Gasteiger partial charge in [-0.3, -0.25) is 9.36 Å². The van der Waals surface area contributed by atoms with E-state index in [1.165, 1.54) is 32.2 Å². The minimum Gasteiger partial charge on any atom is -0.490 e. The van der Waals surface area contributed by atoms with Crippen LogP contribution in [0, 0.1) is 6.92 Å². The van der Waals surface area contributed by atoms with Gasteiger partial charge in [-0.1, -0.05) is 29.8 Å². The molecule has 0 aliphatic carbocycles. The largest absolute Gasteiger partial charge is 0.490 e. The lowest BCUT2D eigenvalue weighted by Crippen LogP contribution is -2.23. The van der Waals surface area contributed by atoms with Crippen LogP contribution in [-0.4, -0.2) is 22.3 Å². The van der Waals surface area contributed by atoms with Gasteiger partial charge < -0.3 is 9.47 Å². The van der Waals surface area contributed by atoms with E-state index in [4.69, 9.17) is 9.47 Å². The number of nitrogens with zero attached hydrogens (tertiary/aromatic N) is 2. The molecule has 0 amide bonds. The molecule has 1 aliphatic rings. The lowest BCUT2D eigenvalue weighted by atomic mass is 10.1. The van der Waals surface area contributed by atoms with Crippen LogP contribution in [0.5, 0.6) is 11.8 Å². The van der Waals surface area contributed by atoms with E-state index >= 15 is 0 Å². The number of rotatable bonds is 4. The fraction of sp³-hybridized carbons (Fsp3) is 0.182. The van der Waals surface area contributed by atoms with Gasteiger partial charge in [0.25, 0.3) is 11.6 Å². The summed E-state index contributed by atoms with van der Waals surface area (Å²) in [5.74, 6) is 0.812. The minimum absolute atomic E-state index is 0.156. The Morgan fingerprint density at radius 1 is 1.18 bits per heavy atom. The summed E-state index contributed by atoms with van der Waals surface area (Å²) in [7, 11) is 0. The molecule has 2 aromatic heterocycles. The van der Waals surface area contributed by atoms with E-state index in [1.54, 1.807) is 17.5 Å². The molecule has 4 aromatic rings. The van der Waals surface area contributed by atoms with Crippen molar-refractivity contribution in [2.24, 2.45) is 0 Å². The van der Waals surface area contributed by atoms with E-state index in [0.29, 0.717) is 19.2 Å². The highest BCUT2D eigenvalue weighted by molar-refractivity contribution is 7.22. The smallest absolute Gasteiger partial charge is 0.300 e. The van der Waals surface area contributed by atoms with Gasteiger partial charge in [0, 0.05) is 21.8 Å². The first-order valence-corrected chi connectivity index (χ1v) is 9.93. The molecule has 0 radical (unpaired) electrons. The number of benzene rings is 2. The van der Waals surface area contributed by atoms with E-state index in [2.05, 4.69) is 54.4 Å². The van der Waals surface area contributed by atoms with Crippen LogP contribution in [0.2, 0.25) is 0 Å². The first-order valence-electron chi connectivity index (χ1n) is 9.12. The molecular weight excluding hydrogens is 372 g/mol.